The van der Waals surface area contributed by atoms with Crippen LogP contribution in [-0.4, -0.2) is 8.42 Å². The summed E-state index contributed by atoms with van der Waals surface area (Å²) in [5.74, 6) is 0.147. The Morgan fingerprint density at radius 2 is 2.00 bits per heavy atom. The summed E-state index contributed by atoms with van der Waals surface area (Å²) in [6.07, 6.45) is 0. The van der Waals surface area contributed by atoms with Gasteiger partial charge in [0.05, 0.1) is 6.54 Å². The Morgan fingerprint density at radius 1 is 1.21 bits per heavy atom. The zero-order valence-electron chi connectivity index (χ0n) is 9.97. The lowest BCUT2D eigenvalue weighted by Gasteiger charge is -2.03. The van der Waals surface area contributed by atoms with Gasteiger partial charge < -0.3 is 9.73 Å². The largest absolute Gasteiger partial charge is 0.447 e. The predicted octanol–water partition coefficient (Wildman–Crippen LogP) is 1.36. The first kappa shape index (κ1) is 13.7. The average molecular weight is 284 g/mol. The first-order chi connectivity index (χ1) is 8.95. The lowest BCUT2D eigenvalue weighted by molar-refractivity contribution is 0.402. The van der Waals surface area contributed by atoms with Crippen LogP contribution in [0.15, 0.2) is 45.9 Å². The number of rotatable bonds is 5. The summed E-state index contributed by atoms with van der Waals surface area (Å²) in [4.78, 5) is 0. The number of nitrogens with two attached hydrogens (primary N) is 1. The van der Waals surface area contributed by atoms with E-state index in [1.54, 1.807) is 12.1 Å². The Hall–Kier alpha value is -1.70. The molecule has 1 heterocycles. The molecule has 0 saturated heterocycles. The molecule has 0 bridgehead atoms. The normalized spacial score (nSPS) is 11.7. The molecule has 0 saturated carbocycles. The van der Waals surface area contributed by atoms with Crippen molar-refractivity contribution >= 4 is 10.0 Å². The molecule has 0 aliphatic carbocycles. The van der Waals surface area contributed by atoms with Crippen LogP contribution in [0.2, 0.25) is 0 Å². The first-order valence-corrected chi connectivity index (χ1v) is 7.06. The highest BCUT2D eigenvalue weighted by molar-refractivity contribution is 7.89. The Morgan fingerprint density at radius 3 is 2.63 bits per heavy atom. The van der Waals surface area contributed by atoms with E-state index in [1.807, 2.05) is 0 Å². The van der Waals surface area contributed by atoms with Gasteiger partial charge in [-0.1, -0.05) is 12.1 Å². The van der Waals surface area contributed by atoms with Crippen LogP contribution < -0.4 is 10.5 Å². The maximum absolute atomic E-state index is 12.9. The number of primary sulfonamides is 1. The van der Waals surface area contributed by atoms with E-state index in [-0.39, 0.29) is 10.9 Å². The molecular formula is C12H13FN2O3S. The summed E-state index contributed by atoms with van der Waals surface area (Å²) in [5.41, 5.74) is 0.790. The van der Waals surface area contributed by atoms with E-state index in [2.05, 4.69) is 5.32 Å². The van der Waals surface area contributed by atoms with Gasteiger partial charge in [-0.15, -0.1) is 0 Å². The molecule has 0 aliphatic rings. The van der Waals surface area contributed by atoms with Gasteiger partial charge in [0.15, 0.2) is 0 Å². The average Bonchev–Trinajstić information content (AvgIpc) is 2.77. The van der Waals surface area contributed by atoms with Gasteiger partial charge in [-0.2, -0.15) is 0 Å². The molecule has 3 N–H and O–H groups in total. The number of hydrogen-bond donors (Lipinski definition) is 2. The van der Waals surface area contributed by atoms with E-state index >= 15 is 0 Å². The van der Waals surface area contributed by atoms with Gasteiger partial charge in [0.2, 0.25) is 5.09 Å². The van der Waals surface area contributed by atoms with E-state index in [1.165, 1.54) is 24.3 Å². The number of sulfonamides is 1. The highest BCUT2D eigenvalue weighted by atomic mass is 32.2. The van der Waals surface area contributed by atoms with Gasteiger partial charge in [0.25, 0.3) is 10.0 Å². The third-order valence-corrected chi connectivity index (χ3v) is 3.22. The quantitative estimate of drug-likeness (QED) is 0.868. The van der Waals surface area contributed by atoms with Crippen molar-refractivity contribution in [2.45, 2.75) is 18.2 Å². The Kier molecular flexibility index (Phi) is 3.98. The molecule has 2 rings (SSSR count). The SMILES string of the molecule is NS(=O)(=O)c1ccc(CNCc2cccc(F)c2)o1. The van der Waals surface area contributed by atoms with Gasteiger partial charge in [-0.3, -0.25) is 0 Å². The molecule has 2 aromatic rings. The Bertz CT molecular complexity index is 667. The molecule has 102 valence electrons. The van der Waals surface area contributed by atoms with Crippen molar-refractivity contribution < 1.29 is 17.2 Å². The van der Waals surface area contributed by atoms with Crippen molar-refractivity contribution in [2.75, 3.05) is 0 Å². The highest BCUT2D eigenvalue weighted by Gasteiger charge is 2.12. The number of benzene rings is 1. The second-order valence-corrected chi connectivity index (χ2v) is 5.49. The lowest BCUT2D eigenvalue weighted by atomic mass is 10.2. The van der Waals surface area contributed by atoms with Gasteiger partial charge in [-0.25, -0.2) is 17.9 Å². The summed E-state index contributed by atoms with van der Waals surface area (Å²) < 4.78 is 40.0. The standard InChI is InChI=1S/C12H13FN2O3S/c13-10-3-1-2-9(6-10)7-15-8-11-4-5-12(18-11)19(14,16)17/h1-6,15H,7-8H2,(H2,14,16,17). The summed E-state index contributed by atoms with van der Waals surface area (Å²) in [7, 11) is -3.81. The minimum Gasteiger partial charge on any atom is -0.447 e. The molecule has 0 radical (unpaired) electrons. The third-order valence-electron chi connectivity index (χ3n) is 2.43. The maximum Gasteiger partial charge on any atom is 0.271 e. The van der Waals surface area contributed by atoms with E-state index in [0.717, 1.165) is 5.56 Å². The predicted molar refractivity (Wildman–Crippen MR) is 67.0 cm³/mol. The second-order valence-electron chi connectivity index (χ2n) is 4.00. The monoisotopic (exact) mass is 284 g/mol. The Labute approximate surface area is 110 Å². The summed E-state index contributed by atoms with van der Waals surface area (Å²) in [5, 5.41) is 7.67. The van der Waals surface area contributed by atoms with Crippen molar-refractivity contribution in [3.8, 4) is 0 Å². The summed E-state index contributed by atoms with van der Waals surface area (Å²) in [6.45, 7) is 0.773. The van der Waals surface area contributed by atoms with Crippen LogP contribution in [0.1, 0.15) is 11.3 Å². The van der Waals surface area contributed by atoms with Crippen LogP contribution in [0, 0.1) is 5.82 Å². The minimum absolute atomic E-state index is 0.268. The van der Waals surface area contributed by atoms with Crippen molar-refractivity contribution in [2.24, 2.45) is 5.14 Å². The number of halogens is 1. The van der Waals surface area contributed by atoms with Crippen LogP contribution >= 0.6 is 0 Å². The second kappa shape index (κ2) is 5.52. The topological polar surface area (TPSA) is 85.3 Å². The highest BCUT2D eigenvalue weighted by Crippen LogP contribution is 2.12. The lowest BCUT2D eigenvalue weighted by Crippen LogP contribution is -2.13. The Balaban J connectivity index is 1.91. The summed E-state index contributed by atoms with van der Waals surface area (Å²) >= 11 is 0. The fourth-order valence-corrected chi connectivity index (χ4v) is 2.06. The molecule has 0 atom stereocenters. The zero-order valence-corrected chi connectivity index (χ0v) is 10.8. The van der Waals surface area contributed by atoms with Gasteiger partial charge in [0, 0.05) is 6.54 Å². The van der Waals surface area contributed by atoms with Crippen LogP contribution in [0.5, 0.6) is 0 Å². The number of nitrogens with one attached hydrogen (secondary N) is 1. The molecule has 5 nitrogen and oxygen atoms in total. The summed E-state index contributed by atoms with van der Waals surface area (Å²) in [6, 6.07) is 9.03. The van der Waals surface area contributed by atoms with Gasteiger partial charge in [-0.05, 0) is 29.8 Å². The van der Waals surface area contributed by atoms with Gasteiger partial charge >= 0.3 is 0 Å². The van der Waals surface area contributed by atoms with Crippen molar-refractivity contribution in [3.05, 3.63) is 53.5 Å². The maximum atomic E-state index is 12.9. The molecule has 19 heavy (non-hydrogen) atoms. The van der Waals surface area contributed by atoms with Crippen LogP contribution in [0.4, 0.5) is 4.39 Å². The molecule has 0 amide bonds. The molecule has 0 unspecified atom stereocenters. The minimum atomic E-state index is -3.81. The van der Waals surface area contributed by atoms with Crippen LogP contribution in [-0.2, 0) is 23.1 Å². The van der Waals surface area contributed by atoms with E-state index in [0.29, 0.717) is 18.8 Å². The number of furan rings is 1. The number of hydrogen-bond acceptors (Lipinski definition) is 4. The molecule has 0 aliphatic heterocycles. The molecule has 1 aromatic carbocycles. The van der Waals surface area contributed by atoms with E-state index in [4.69, 9.17) is 9.56 Å². The molecule has 7 heteroatoms. The zero-order chi connectivity index (χ0) is 13.9. The molecular weight excluding hydrogens is 271 g/mol. The van der Waals surface area contributed by atoms with E-state index in [9.17, 15) is 12.8 Å². The smallest absolute Gasteiger partial charge is 0.271 e. The van der Waals surface area contributed by atoms with Crippen LogP contribution in [0.25, 0.3) is 0 Å². The molecule has 0 spiro atoms. The van der Waals surface area contributed by atoms with Crippen molar-refractivity contribution in [3.63, 3.8) is 0 Å². The van der Waals surface area contributed by atoms with Crippen molar-refractivity contribution in [1.29, 1.82) is 0 Å². The van der Waals surface area contributed by atoms with Gasteiger partial charge in [0.1, 0.15) is 11.6 Å². The van der Waals surface area contributed by atoms with Crippen LogP contribution in [0.3, 0.4) is 0 Å². The molecule has 0 fully saturated rings. The van der Waals surface area contributed by atoms with Crippen molar-refractivity contribution in [1.82, 2.24) is 5.32 Å². The third kappa shape index (κ3) is 3.88. The van der Waals surface area contributed by atoms with E-state index < -0.39 is 10.0 Å². The fourth-order valence-electron chi connectivity index (χ4n) is 1.58. The molecule has 1 aromatic heterocycles. The fraction of sp³-hybridized carbons (Fsp3) is 0.167. The first-order valence-electron chi connectivity index (χ1n) is 5.52.